The van der Waals surface area contributed by atoms with Gasteiger partial charge < -0.3 is 15.0 Å². The molecule has 1 fully saturated rings. The van der Waals surface area contributed by atoms with E-state index in [1.165, 1.54) is 18.1 Å². The van der Waals surface area contributed by atoms with Gasteiger partial charge in [0.25, 0.3) is 5.91 Å². The number of methoxy groups -OCH3 is 1. The lowest BCUT2D eigenvalue weighted by Gasteiger charge is -2.25. The molecule has 1 saturated heterocycles. The second-order valence-electron chi connectivity index (χ2n) is 6.11. The van der Waals surface area contributed by atoms with Gasteiger partial charge in [-0.05, 0) is 49.2 Å². The lowest BCUT2D eigenvalue weighted by Crippen LogP contribution is -2.43. The van der Waals surface area contributed by atoms with Gasteiger partial charge in [0.2, 0.25) is 5.91 Å². The molecule has 0 radical (unpaired) electrons. The predicted molar refractivity (Wildman–Crippen MR) is 107 cm³/mol. The molecule has 2 aromatic carbocycles. The van der Waals surface area contributed by atoms with Crippen LogP contribution in [0.5, 0.6) is 5.75 Å². The van der Waals surface area contributed by atoms with Crippen molar-refractivity contribution in [1.29, 1.82) is 0 Å². The van der Waals surface area contributed by atoms with E-state index in [1.54, 1.807) is 30.3 Å². The molecular formula is C19H17Cl3N2O3. The molecule has 0 bridgehead atoms. The van der Waals surface area contributed by atoms with Crippen molar-refractivity contribution in [3.8, 4) is 5.75 Å². The van der Waals surface area contributed by atoms with Crippen molar-refractivity contribution in [2.75, 3.05) is 19.0 Å². The normalized spacial score (nSPS) is 16.3. The zero-order valence-corrected chi connectivity index (χ0v) is 16.7. The van der Waals surface area contributed by atoms with E-state index in [0.717, 1.165) is 0 Å². The average molecular weight is 428 g/mol. The van der Waals surface area contributed by atoms with Gasteiger partial charge in [-0.25, -0.2) is 0 Å². The Labute approximate surface area is 172 Å². The molecule has 1 atom stereocenters. The Kier molecular flexibility index (Phi) is 6.15. The zero-order valence-electron chi connectivity index (χ0n) is 14.5. The number of anilines is 1. The molecule has 1 N–H and O–H groups in total. The summed E-state index contributed by atoms with van der Waals surface area (Å²) in [5.74, 6) is -0.140. The molecule has 0 aromatic heterocycles. The van der Waals surface area contributed by atoms with Crippen molar-refractivity contribution in [3.05, 3.63) is 57.0 Å². The third-order valence-electron chi connectivity index (χ3n) is 4.39. The molecule has 1 unspecified atom stereocenters. The van der Waals surface area contributed by atoms with E-state index in [1.807, 2.05) is 0 Å². The van der Waals surface area contributed by atoms with E-state index in [2.05, 4.69) is 5.32 Å². The van der Waals surface area contributed by atoms with Gasteiger partial charge in [-0.1, -0.05) is 34.8 Å². The van der Waals surface area contributed by atoms with Crippen LogP contribution in [-0.2, 0) is 4.79 Å². The van der Waals surface area contributed by atoms with Gasteiger partial charge >= 0.3 is 0 Å². The number of rotatable bonds is 4. The van der Waals surface area contributed by atoms with E-state index < -0.39 is 6.04 Å². The maximum absolute atomic E-state index is 12.9. The number of hydrogen-bond acceptors (Lipinski definition) is 3. The Bertz CT molecular complexity index is 888. The maximum atomic E-state index is 12.9. The molecule has 142 valence electrons. The summed E-state index contributed by atoms with van der Waals surface area (Å²) < 4.78 is 5.25. The van der Waals surface area contributed by atoms with Gasteiger partial charge in [-0.3, -0.25) is 9.59 Å². The third kappa shape index (κ3) is 4.32. The highest BCUT2D eigenvalue weighted by Crippen LogP contribution is 2.30. The number of ether oxygens (including phenoxy) is 1. The quantitative estimate of drug-likeness (QED) is 0.755. The third-order valence-corrected chi connectivity index (χ3v) is 5.19. The number of amides is 2. The van der Waals surface area contributed by atoms with Gasteiger partial charge in [-0.2, -0.15) is 0 Å². The van der Waals surface area contributed by atoms with Gasteiger partial charge in [0.1, 0.15) is 11.8 Å². The minimum absolute atomic E-state index is 0.282. The minimum atomic E-state index is -0.615. The summed E-state index contributed by atoms with van der Waals surface area (Å²) in [5, 5.41) is 3.98. The van der Waals surface area contributed by atoms with Gasteiger partial charge in [0.05, 0.1) is 23.4 Å². The van der Waals surface area contributed by atoms with Crippen molar-refractivity contribution in [1.82, 2.24) is 4.90 Å². The zero-order chi connectivity index (χ0) is 19.6. The summed E-state index contributed by atoms with van der Waals surface area (Å²) in [5.41, 5.74) is 0.735. The second-order valence-corrected chi connectivity index (χ2v) is 7.39. The molecule has 5 nitrogen and oxygen atoms in total. The lowest BCUT2D eigenvalue weighted by molar-refractivity contribution is -0.119. The maximum Gasteiger partial charge on any atom is 0.256 e. The van der Waals surface area contributed by atoms with Crippen LogP contribution in [0.3, 0.4) is 0 Å². The Morgan fingerprint density at radius 2 is 1.81 bits per heavy atom. The van der Waals surface area contributed by atoms with Gasteiger partial charge in [0, 0.05) is 16.6 Å². The SMILES string of the molecule is COc1ccc(Cl)cc1NC(=O)C1CCCN1C(=O)c1cc(Cl)ccc1Cl. The summed E-state index contributed by atoms with van der Waals surface area (Å²) >= 11 is 18.1. The first-order chi connectivity index (χ1) is 12.9. The summed E-state index contributed by atoms with van der Waals surface area (Å²) in [6.45, 7) is 0.465. The number of nitrogens with zero attached hydrogens (tertiary/aromatic N) is 1. The molecule has 1 aliphatic rings. The van der Waals surface area contributed by atoms with Crippen LogP contribution in [0.4, 0.5) is 5.69 Å². The molecule has 2 amide bonds. The van der Waals surface area contributed by atoms with Crippen LogP contribution in [0.25, 0.3) is 0 Å². The topological polar surface area (TPSA) is 58.6 Å². The highest BCUT2D eigenvalue weighted by molar-refractivity contribution is 6.35. The molecule has 27 heavy (non-hydrogen) atoms. The highest BCUT2D eigenvalue weighted by atomic mass is 35.5. The number of nitrogens with one attached hydrogen (secondary N) is 1. The largest absolute Gasteiger partial charge is 0.495 e. The smallest absolute Gasteiger partial charge is 0.256 e. The fourth-order valence-corrected chi connectivity index (χ4v) is 3.63. The van der Waals surface area contributed by atoms with E-state index in [-0.39, 0.29) is 17.4 Å². The van der Waals surface area contributed by atoms with E-state index in [0.29, 0.717) is 45.9 Å². The molecule has 0 aliphatic carbocycles. The first-order valence-corrected chi connectivity index (χ1v) is 9.44. The van der Waals surface area contributed by atoms with E-state index in [4.69, 9.17) is 39.5 Å². The standard InChI is InChI=1S/C19H17Cl3N2O3/c1-27-17-7-5-12(21)10-15(17)23-18(25)16-3-2-8-24(16)19(26)13-9-11(20)4-6-14(13)22/h4-7,9-10,16H,2-3,8H2,1H3,(H,23,25). The van der Waals surface area contributed by atoms with Gasteiger partial charge in [0.15, 0.2) is 0 Å². The summed E-state index contributed by atoms with van der Waals surface area (Å²) in [6, 6.07) is 9.02. The van der Waals surface area contributed by atoms with Crippen LogP contribution in [0.15, 0.2) is 36.4 Å². The fourth-order valence-electron chi connectivity index (χ4n) is 3.09. The second kappa shape index (κ2) is 8.38. The number of benzene rings is 2. The van der Waals surface area contributed by atoms with Crippen molar-refractivity contribution in [2.24, 2.45) is 0 Å². The van der Waals surface area contributed by atoms with Crippen molar-refractivity contribution < 1.29 is 14.3 Å². The first-order valence-electron chi connectivity index (χ1n) is 8.31. The Balaban J connectivity index is 1.82. The summed E-state index contributed by atoms with van der Waals surface area (Å²) in [7, 11) is 1.51. The van der Waals surface area contributed by atoms with Gasteiger partial charge in [-0.15, -0.1) is 0 Å². The molecule has 1 aliphatic heterocycles. The van der Waals surface area contributed by atoms with E-state index >= 15 is 0 Å². The Hall–Kier alpha value is -1.95. The number of carbonyl (C=O) groups excluding carboxylic acids is 2. The number of carbonyl (C=O) groups is 2. The number of halogens is 3. The molecule has 8 heteroatoms. The van der Waals surface area contributed by atoms with Crippen LogP contribution in [0.1, 0.15) is 23.2 Å². The molecule has 3 rings (SSSR count). The molecular weight excluding hydrogens is 411 g/mol. The predicted octanol–water partition coefficient (Wildman–Crippen LogP) is 4.90. The molecule has 1 heterocycles. The Morgan fingerprint density at radius 3 is 2.56 bits per heavy atom. The van der Waals surface area contributed by atoms with E-state index in [9.17, 15) is 9.59 Å². The molecule has 2 aromatic rings. The first kappa shape index (κ1) is 19.8. The van der Waals surface area contributed by atoms with Crippen molar-refractivity contribution in [2.45, 2.75) is 18.9 Å². The van der Waals surface area contributed by atoms with Crippen LogP contribution in [-0.4, -0.2) is 36.4 Å². The number of likely N-dealkylation sites (tertiary alicyclic amines) is 1. The van der Waals surface area contributed by atoms with Crippen molar-refractivity contribution in [3.63, 3.8) is 0 Å². The summed E-state index contributed by atoms with van der Waals surface area (Å²) in [6.07, 6.45) is 1.27. The lowest BCUT2D eigenvalue weighted by atomic mass is 10.1. The molecule has 0 spiro atoms. The number of hydrogen-bond donors (Lipinski definition) is 1. The van der Waals surface area contributed by atoms with Crippen LogP contribution >= 0.6 is 34.8 Å². The highest BCUT2D eigenvalue weighted by Gasteiger charge is 2.35. The van der Waals surface area contributed by atoms with Crippen LogP contribution < -0.4 is 10.1 Å². The Morgan fingerprint density at radius 1 is 1.11 bits per heavy atom. The van der Waals surface area contributed by atoms with Crippen molar-refractivity contribution >= 4 is 52.3 Å². The average Bonchev–Trinajstić information content (AvgIpc) is 3.13. The van der Waals surface area contributed by atoms with Crippen LogP contribution in [0, 0.1) is 0 Å². The molecule has 0 saturated carbocycles. The summed E-state index contributed by atoms with van der Waals surface area (Å²) in [4.78, 5) is 27.3. The monoisotopic (exact) mass is 426 g/mol. The fraction of sp³-hybridized carbons (Fsp3) is 0.263. The van der Waals surface area contributed by atoms with Crippen LogP contribution in [0.2, 0.25) is 15.1 Å². The minimum Gasteiger partial charge on any atom is -0.495 e.